The lowest BCUT2D eigenvalue weighted by atomic mass is 10.1. The molecular formula is C21H19N3OS. The molecule has 0 fully saturated rings. The lowest BCUT2D eigenvalue weighted by Gasteiger charge is -2.13. The number of H-pyrrole nitrogens is 1. The number of thioether (sulfide) groups is 1. The molecule has 1 N–H and O–H groups in total. The highest BCUT2D eigenvalue weighted by molar-refractivity contribution is 7.99. The Bertz CT molecular complexity index is 1180. The minimum absolute atomic E-state index is 0.0133. The van der Waals surface area contributed by atoms with Crippen molar-refractivity contribution in [3.63, 3.8) is 0 Å². The molecule has 2 aromatic heterocycles. The molecule has 26 heavy (non-hydrogen) atoms. The number of para-hydroxylation sites is 2. The van der Waals surface area contributed by atoms with E-state index < -0.39 is 0 Å². The van der Waals surface area contributed by atoms with Gasteiger partial charge in [0.25, 0.3) is 5.56 Å². The molecule has 0 spiro atoms. The van der Waals surface area contributed by atoms with Gasteiger partial charge in [-0.1, -0.05) is 42.1 Å². The molecule has 0 saturated carbocycles. The third-order valence-electron chi connectivity index (χ3n) is 4.54. The van der Waals surface area contributed by atoms with Crippen LogP contribution in [0.15, 0.2) is 58.4 Å². The first kappa shape index (κ1) is 16.8. The molecular weight excluding hydrogens is 342 g/mol. The number of nitrogens with one attached hydrogen (secondary N) is 1. The molecule has 1 atom stereocenters. The van der Waals surface area contributed by atoms with Crippen molar-refractivity contribution in [2.24, 2.45) is 0 Å². The molecule has 4 rings (SSSR count). The summed E-state index contributed by atoms with van der Waals surface area (Å²) in [4.78, 5) is 24.7. The molecule has 0 amide bonds. The number of hydrogen-bond donors (Lipinski definition) is 1. The van der Waals surface area contributed by atoms with E-state index in [0.717, 1.165) is 21.6 Å². The maximum Gasteiger partial charge on any atom is 0.258 e. The molecule has 0 bridgehead atoms. The van der Waals surface area contributed by atoms with Crippen LogP contribution in [0, 0.1) is 13.8 Å². The quantitative estimate of drug-likeness (QED) is 0.525. The number of fused-ring (bicyclic) bond motifs is 2. The molecule has 0 aliphatic carbocycles. The third kappa shape index (κ3) is 2.99. The summed E-state index contributed by atoms with van der Waals surface area (Å²) in [5, 5.41) is 2.72. The summed E-state index contributed by atoms with van der Waals surface area (Å²) in [5.74, 6) is 0.669. The van der Waals surface area contributed by atoms with Gasteiger partial charge >= 0.3 is 0 Å². The topological polar surface area (TPSA) is 58.6 Å². The van der Waals surface area contributed by atoms with Gasteiger partial charge in [-0.2, -0.15) is 0 Å². The lowest BCUT2D eigenvalue weighted by molar-refractivity contribution is 0.919. The van der Waals surface area contributed by atoms with Gasteiger partial charge in [-0.05, 0) is 50.1 Å². The van der Waals surface area contributed by atoms with Crippen LogP contribution in [0.2, 0.25) is 0 Å². The third-order valence-corrected chi connectivity index (χ3v) is 5.57. The van der Waals surface area contributed by atoms with Gasteiger partial charge in [0.05, 0.1) is 26.7 Å². The Kier molecular flexibility index (Phi) is 4.24. The molecule has 2 heterocycles. The van der Waals surface area contributed by atoms with Crippen molar-refractivity contribution in [3.05, 3.63) is 75.8 Å². The maximum atomic E-state index is 12.3. The standard InChI is InChI=1S/C21H19N3OS/c1-12-7-6-9-15-13(2)11-18(23-19(12)15)26-14(3)20-22-17-10-5-4-8-16(17)21(25)24-20/h4-11,14H,1-3H3,(H,22,24,25)/t14-/m0/s1. The molecule has 130 valence electrons. The number of pyridine rings is 1. The fraction of sp³-hybridized carbons (Fsp3) is 0.190. The number of aromatic nitrogens is 3. The van der Waals surface area contributed by atoms with Crippen LogP contribution in [0.4, 0.5) is 0 Å². The maximum absolute atomic E-state index is 12.3. The Morgan fingerprint density at radius 3 is 2.58 bits per heavy atom. The van der Waals surface area contributed by atoms with Crippen LogP contribution in [-0.4, -0.2) is 15.0 Å². The van der Waals surface area contributed by atoms with Gasteiger partial charge in [0.2, 0.25) is 0 Å². The summed E-state index contributed by atoms with van der Waals surface area (Å²) in [6, 6.07) is 15.7. The fourth-order valence-corrected chi connectivity index (χ4v) is 4.10. The Balaban J connectivity index is 1.72. The summed E-state index contributed by atoms with van der Waals surface area (Å²) < 4.78 is 0. The van der Waals surface area contributed by atoms with Gasteiger partial charge in [-0.3, -0.25) is 4.79 Å². The van der Waals surface area contributed by atoms with Crippen molar-refractivity contribution >= 4 is 33.6 Å². The molecule has 4 nitrogen and oxygen atoms in total. The van der Waals surface area contributed by atoms with Gasteiger partial charge < -0.3 is 4.98 Å². The van der Waals surface area contributed by atoms with Crippen LogP contribution in [0.25, 0.3) is 21.8 Å². The van der Waals surface area contributed by atoms with Crippen LogP contribution < -0.4 is 5.56 Å². The second kappa shape index (κ2) is 6.57. The van der Waals surface area contributed by atoms with Gasteiger partial charge in [0, 0.05) is 5.39 Å². The summed E-state index contributed by atoms with van der Waals surface area (Å²) >= 11 is 1.61. The zero-order chi connectivity index (χ0) is 18.3. The van der Waals surface area contributed by atoms with Crippen molar-refractivity contribution in [1.82, 2.24) is 15.0 Å². The van der Waals surface area contributed by atoms with E-state index in [2.05, 4.69) is 48.1 Å². The molecule has 4 aromatic rings. The monoisotopic (exact) mass is 361 g/mol. The van der Waals surface area contributed by atoms with Gasteiger partial charge in [0.15, 0.2) is 0 Å². The first-order chi connectivity index (χ1) is 12.5. The molecule has 0 aliphatic rings. The predicted molar refractivity (Wildman–Crippen MR) is 108 cm³/mol. The largest absolute Gasteiger partial charge is 0.309 e. The van der Waals surface area contributed by atoms with E-state index in [-0.39, 0.29) is 10.8 Å². The molecule has 5 heteroatoms. The van der Waals surface area contributed by atoms with E-state index in [1.165, 1.54) is 10.9 Å². The number of aromatic amines is 1. The predicted octanol–water partition coefficient (Wildman–Crippen LogP) is 4.94. The van der Waals surface area contributed by atoms with E-state index in [9.17, 15) is 4.79 Å². The number of benzene rings is 2. The van der Waals surface area contributed by atoms with E-state index in [0.29, 0.717) is 11.2 Å². The SMILES string of the molecule is Cc1cc(S[C@@H](C)c2nc3ccccc3c(=O)[nH]2)nc2c(C)cccc12. The second-order valence-electron chi connectivity index (χ2n) is 6.48. The average Bonchev–Trinajstić information content (AvgIpc) is 2.63. The van der Waals surface area contributed by atoms with Crippen LogP contribution in [0.3, 0.4) is 0 Å². The van der Waals surface area contributed by atoms with Crippen LogP contribution in [0.1, 0.15) is 29.1 Å². The summed E-state index contributed by atoms with van der Waals surface area (Å²) in [6.07, 6.45) is 0. The van der Waals surface area contributed by atoms with Crippen LogP contribution >= 0.6 is 11.8 Å². The minimum atomic E-state index is -0.100. The second-order valence-corrected chi connectivity index (χ2v) is 7.84. The van der Waals surface area contributed by atoms with Gasteiger partial charge in [-0.25, -0.2) is 9.97 Å². The average molecular weight is 361 g/mol. The Morgan fingerprint density at radius 1 is 0.962 bits per heavy atom. The van der Waals surface area contributed by atoms with Crippen molar-refractivity contribution in [3.8, 4) is 0 Å². The molecule has 2 aromatic carbocycles. The number of nitrogens with zero attached hydrogens (tertiary/aromatic N) is 2. The number of aryl methyl sites for hydroxylation is 2. The summed E-state index contributed by atoms with van der Waals surface area (Å²) in [6.45, 7) is 6.22. The van der Waals surface area contributed by atoms with Gasteiger partial charge in [-0.15, -0.1) is 0 Å². The lowest BCUT2D eigenvalue weighted by Crippen LogP contribution is -2.12. The molecule has 0 saturated heterocycles. The summed E-state index contributed by atoms with van der Waals surface area (Å²) in [5.41, 5.74) is 4.02. The highest BCUT2D eigenvalue weighted by Gasteiger charge is 2.14. The summed E-state index contributed by atoms with van der Waals surface area (Å²) in [7, 11) is 0. The van der Waals surface area contributed by atoms with E-state index in [1.807, 2.05) is 25.1 Å². The Morgan fingerprint density at radius 2 is 1.73 bits per heavy atom. The molecule has 0 radical (unpaired) electrons. The Labute approximate surface area is 155 Å². The van der Waals surface area contributed by atoms with Crippen molar-refractivity contribution in [1.29, 1.82) is 0 Å². The van der Waals surface area contributed by atoms with Gasteiger partial charge in [0.1, 0.15) is 5.82 Å². The molecule has 0 aliphatic heterocycles. The zero-order valence-corrected chi connectivity index (χ0v) is 15.7. The number of hydrogen-bond acceptors (Lipinski definition) is 4. The van der Waals surface area contributed by atoms with Crippen LogP contribution in [-0.2, 0) is 0 Å². The molecule has 0 unspecified atom stereocenters. The first-order valence-electron chi connectivity index (χ1n) is 8.55. The van der Waals surface area contributed by atoms with Crippen molar-refractivity contribution < 1.29 is 0 Å². The van der Waals surface area contributed by atoms with Crippen LogP contribution in [0.5, 0.6) is 0 Å². The highest BCUT2D eigenvalue weighted by atomic mass is 32.2. The van der Waals surface area contributed by atoms with E-state index >= 15 is 0 Å². The Hall–Kier alpha value is -2.66. The van der Waals surface area contributed by atoms with E-state index in [1.54, 1.807) is 17.8 Å². The van der Waals surface area contributed by atoms with E-state index in [4.69, 9.17) is 4.98 Å². The zero-order valence-electron chi connectivity index (χ0n) is 14.9. The highest BCUT2D eigenvalue weighted by Crippen LogP contribution is 2.34. The normalized spacial score (nSPS) is 12.6. The first-order valence-corrected chi connectivity index (χ1v) is 9.43. The fourth-order valence-electron chi connectivity index (χ4n) is 3.13. The minimum Gasteiger partial charge on any atom is -0.309 e. The van der Waals surface area contributed by atoms with Crippen molar-refractivity contribution in [2.75, 3.05) is 0 Å². The smallest absolute Gasteiger partial charge is 0.258 e. The number of rotatable bonds is 3. The van der Waals surface area contributed by atoms with Crippen molar-refractivity contribution in [2.45, 2.75) is 31.0 Å².